The Labute approximate surface area is 189 Å². The minimum atomic E-state index is -0.630. The first kappa shape index (κ1) is 20.8. The van der Waals surface area contributed by atoms with Crippen molar-refractivity contribution in [2.24, 2.45) is 11.8 Å². The lowest BCUT2D eigenvalue weighted by molar-refractivity contribution is -0.144. The van der Waals surface area contributed by atoms with E-state index in [1.54, 1.807) is 6.07 Å². The first-order chi connectivity index (χ1) is 14.8. The molecule has 1 saturated carbocycles. The van der Waals surface area contributed by atoms with Crippen molar-refractivity contribution in [3.8, 4) is 5.75 Å². The molecule has 0 spiro atoms. The van der Waals surface area contributed by atoms with Gasteiger partial charge >= 0.3 is 5.97 Å². The molecular formula is C26H30ClNO3. The van der Waals surface area contributed by atoms with Crippen molar-refractivity contribution in [3.05, 3.63) is 64.2 Å². The molecule has 2 aromatic carbocycles. The molecule has 2 aliphatic carbocycles. The maximum Gasteiger partial charge on any atom is 0.316 e. The van der Waals surface area contributed by atoms with Crippen LogP contribution in [-0.4, -0.2) is 42.2 Å². The molecule has 1 aliphatic heterocycles. The number of hydrogen-bond donors (Lipinski definition) is 1. The summed E-state index contributed by atoms with van der Waals surface area (Å²) in [6.45, 7) is 6.56. The number of hydrogen-bond acceptors (Lipinski definition) is 4. The minimum Gasteiger partial charge on any atom is -0.508 e. The van der Waals surface area contributed by atoms with Crippen LogP contribution in [0.25, 0.3) is 0 Å². The van der Waals surface area contributed by atoms with Gasteiger partial charge in [-0.05, 0) is 77.9 Å². The summed E-state index contributed by atoms with van der Waals surface area (Å²) in [5.41, 5.74) is 2.98. The molecule has 164 valence electrons. The van der Waals surface area contributed by atoms with Crippen LogP contribution in [0.1, 0.15) is 43.4 Å². The average Bonchev–Trinajstić information content (AvgIpc) is 3.47. The van der Waals surface area contributed by atoms with Gasteiger partial charge in [0, 0.05) is 17.6 Å². The van der Waals surface area contributed by atoms with E-state index < -0.39 is 5.41 Å². The zero-order valence-corrected chi connectivity index (χ0v) is 19.2. The van der Waals surface area contributed by atoms with E-state index in [2.05, 4.69) is 24.8 Å². The number of esters is 1. The van der Waals surface area contributed by atoms with Gasteiger partial charge < -0.3 is 9.84 Å². The maximum atomic E-state index is 12.9. The second-order valence-corrected chi connectivity index (χ2v) is 10.3. The summed E-state index contributed by atoms with van der Waals surface area (Å²) >= 11 is 6.51. The molecular weight excluding hydrogens is 410 g/mol. The van der Waals surface area contributed by atoms with Gasteiger partial charge in [0.25, 0.3) is 0 Å². The molecule has 0 amide bonds. The van der Waals surface area contributed by atoms with Crippen molar-refractivity contribution in [3.63, 3.8) is 0 Å². The summed E-state index contributed by atoms with van der Waals surface area (Å²) < 4.78 is 5.24. The first-order valence-electron chi connectivity index (χ1n) is 11.2. The van der Waals surface area contributed by atoms with Gasteiger partial charge in [0.05, 0.1) is 12.5 Å². The van der Waals surface area contributed by atoms with Gasteiger partial charge in [0.15, 0.2) is 0 Å². The third-order valence-electron chi connectivity index (χ3n) is 8.57. The number of rotatable bonds is 4. The molecule has 0 unspecified atom stereocenters. The fourth-order valence-corrected chi connectivity index (χ4v) is 6.75. The highest BCUT2D eigenvalue weighted by Crippen LogP contribution is 2.58. The predicted molar refractivity (Wildman–Crippen MR) is 122 cm³/mol. The standard InChI is InChI=1S/C26H30ClNO3/c1-16-23-12-17-8-9-19(29)13-21(17)25(16,2)10-11-28(23)15-18-14-26(18,24(30)31-3)20-6-4-5-7-22(20)27/h4-9,13,16,18,23,29H,10-12,14-15H2,1-3H3/t16-,18-,23+,25+,26-/m1/s1. The molecule has 1 N–H and O–H groups in total. The predicted octanol–water partition coefficient (Wildman–Crippen LogP) is 4.70. The molecule has 1 heterocycles. The van der Waals surface area contributed by atoms with E-state index in [0.29, 0.717) is 22.7 Å². The van der Waals surface area contributed by atoms with Crippen LogP contribution in [0.15, 0.2) is 42.5 Å². The zero-order chi connectivity index (χ0) is 22.0. The molecule has 0 radical (unpaired) electrons. The first-order valence-corrected chi connectivity index (χ1v) is 11.6. The van der Waals surface area contributed by atoms with Crippen LogP contribution in [0.5, 0.6) is 5.75 Å². The summed E-state index contributed by atoms with van der Waals surface area (Å²) in [6, 6.07) is 14.0. The van der Waals surface area contributed by atoms with Crippen molar-refractivity contribution in [1.82, 2.24) is 4.90 Å². The van der Waals surface area contributed by atoms with Gasteiger partial charge in [-0.25, -0.2) is 0 Å². The van der Waals surface area contributed by atoms with E-state index >= 15 is 0 Å². The molecule has 2 fully saturated rings. The number of aromatic hydroxyl groups is 1. The molecule has 2 bridgehead atoms. The summed E-state index contributed by atoms with van der Waals surface area (Å²) in [6.07, 6.45) is 2.81. The summed E-state index contributed by atoms with van der Waals surface area (Å²) in [5, 5.41) is 10.7. The average molecular weight is 440 g/mol. The highest BCUT2D eigenvalue weighted by Gasteiger charge is 2.63. The lowest BCUT2D eigenvalue weighted by Gasteiger charge is -2.55. The summed E-state index contributed by atoms with van der Waals surface area (Å²) in [4.78, 5) is 15.5. The van der Waals surface area contributed by atoms with Crippen molar-refractivity contribution in [2.75, 3.05) is 20.2 Å². The number of phenolic OH excluding ortho intramolecular Hbond substituents is 1. The normalized spacial score (nSPS) is 34.1. The van der Waals surface area contributed by atoms with Gasteiger partial charge in [0.1, 0.15) is 5.75 Å². The molecule has 31 heavy (non-hydrogen) atoms. The Hall–Kier alpha value is -2.04. The molecule has 2 aromatic rings. The summed E-state index contributed by atoms with van der Waals surface area (Å²) in [5.74, 6) is 0.860. The van der Waals surface area contributed by atoms with Crippen LogP contribution in [0.4, 0.5) is 0 Å². The van der Waals surface area contributed by atoms with E-state index in [1.807, 2.05) is 30.3 Å². The highest BCUT2D eigenvalue weighted by molar-refractivity contribution is 6.31. The van der Waals surface area contributed by atoms with E-state index in [-0.39, 0.29) is 17.3 Å². The maximum absolute atomic E-state index is 12.9. The number of nitrogens with zero attached hydrogens (tertiary/aromatic N) is 1. The van der Waals surface area contributed by atoms with Crippen LogP contribution in [-0.2, 0) is 26.8 Å². The van der Waals surface area contributed by atoms with Crippen LogP contribution >= 0.6 is 11.6 Å². The Morgan fingerprint density at radius 1 is 1.26 bits per heavy atom. The van der Waals surface area contributed by atoms with E-state index in [0.717, 1.165) is 37.9 Å². The Morgan fingerprint density at radius 3 is 2.77 bits per heavy atom. The van der Waals surface area contributed by atoms with E-state index in [9.17, 15) is 9.90 Å². The molecule has 0 aromatic heterocycles. The lowest BCUT2D eigenvalue weighted by atomic mass is 9.59. The Kier molecular flexibility index (Phi) is 4.87. The third-order valence-corrected chi connectivity index (χ3v) is 8.90. The molecule has 1 saturated heterocycles. The number of carbonyl (C=O) groups excluding carboxylic acids is 1. The number of piperidine rings is 1. The van der Waals surface area contributed by atoms with Crippen molar-refractivity contribution in [1.29, 1.82) is 0 Å². The van der Waals surface area contributed by atoms with Crippen LogP contribution in [0.2, 0.25) is 5.02 Å². The monoisotopic (exact) mass is 439 g/mol. The summed E-state index contributed by atoms with van der Waals surface area (Å²) in [7, 11) is 1.47. The molecule has 3 aliphatic rings. The van der Waals surface area contributed by atoms with Gasteiger partial charge in [-0.3, -0.25) is 9.69 Å². The van der Waals surface area contributed by atoms with Gasteiger partial charge in [-0.1, -0.05) is 49.7 Å². The van der Waals surface area contributed by atoms with E-state index in [4.69, 9.17) is 16.3 Å². The smallest absolute Gasteiger partial charge is 0.316 e. The van der Waals surface area contributed by atoms with Crippen molar-refractivity contribution >= 4 is 17.6 Å². The fraction of sp³-hybridized carbons (Fsp3) is 0.500. The molecule has 5 heteroatoms. The second kappa shape index (κ2) is 7.25. The van der Waals surface area contributed by atoms with Gasteiger partial charge in [-0.15, -0.1) is 0 Å². The lowest BCUT2D eigenvalue weighted by Crippen LogP contribution is -2.58. The fourth-order valence-electron chi connectivity index (χ4n) is 6.45. The number of likely N-dealkylation sites (tertiary alicyclic amines) is 1. The highest BCUT2D eigenvalue weighted by atomic mass is 35.5. The van der Waals surface area contributed by atoms with Crippen molar-refractivity contribution in [2.45, 2.75) is 50.0 Å². The zero-order valence-electron chi connectivity index (χ0n) is 18.4. The number of carbonyl (C=O) groups is 1. The Morgan fingerprint density at radius 2 is 2.03 bits per heavy atom. The van der Waals surface area contributed by atoms with Crippen LogP contribution in [0, 0.1) is 11.8 Å². The van der Waals surface area contributed by atoms with Crippen molar-refractivity contribution < 1.29 is 14.6 Å². The van der Waals surface area contributed by atoms with E-state index in [1.165, 1.54) is 18.2 Å². The molecule has 4 nitrogen and oxygen atoms in total. The SMILES string of the molecule is COC(=O)[C@]1(c2ccccc2Cl)C[C@@H]1CN1CC[C@]2(C)c3cc(O)ccc3C[C@H]1[C@H]2C. The van der Waals surface area contributed by atoms with Gasteiger partial charge in [-0.2, -0.15) is 0 Å². The number of halogens is 1. The Balaban J connectivity index is 1.43. The second-order valence-electron chi connectivity index (χ2n) is 9.91. The number of benzene rings is 2. The number of phenols is 1. The molecule has 5 rings (SSSR count). The largest absolute Gasteiger partial charge is 0.508 e. The van der Waals surface area contributed by atoms with Crippen LogP contribution < -0.4 is 0 Å². The molecule has 5 atom stereocenters. The quantitative estimate of drug-likeness (QED) is 0.701. The number of methoxy groups -OCH3 is 1. The third kappa shape index (κ3) is 3.02. The van der Waals surface area contributed by atoms with Gasteiger partial charge in [0.2, 0.25) is 0 Å². The topological polar surface area (TPSA) is 49.8 Å². The van der Waals surface area contributed by atoms with Crippen LogP contribution in [0.3, 0.4) is 0 Å². The Bertz CT molecular complexity index is 1040. The number of fused-ring (bicyclic) bond motifs is 4. The number of ether oxygens (including phenoxy) is 1. The minimum absolute atomic E-state index is 0.0687.